The van der Waals surface area contributed by atoms with E-state index in [2.05, 4.69) is 10.1 Å². The van der Waals surface area contributed by atoms with Crippen molar-refractivity contribution in [1.82, 2.24) is 19.7 Å². The predicted octanol–water partition coefficient (Wildman–Crippen LogP) is 2.81. The van der Waals surface area contributed by atoms with Gasteiger partial charge in [0.05, 0.1) is 12.8 Å². The molecule has 2 aromatic heterocycles. The second-order valence-corrected chi connectivity index (χ2v) is 6.10. The van der Waals surface area contributed by atoms with Crippen LogP contribution in [0, 0.1) is 0 Å². The van der Waals surface area contributed by atoms with Gasteiger partial charge in [0.25, 0.3) is 5.91 Å². The van der Waals surface area contributed by atoms with Crippen molar-refractivity contribution >= 4 is 5.91 Å². The van der Waals surface area contributed by atoms with E-state index in [0.717, 1.165) is 29.0 Å². The van der Waals surface area contributed by atoms with E-state index >= 15 is 0 Å². The summed E-state index contributed by atoms with van der Waals surface area (Å²) in [4.78, 5) is 18.4. The Morgan fingerprint density at radius 1 is 1.19 bits per heavy atom. The second-order valence-electron chi connectivity index (χ2n) is 6.10. The van der Waals surface area contributed by atoms with Gasteiger partial charge in [-0.1, -0.05) is 12.1 Å². The van der Waals surface area contributed by atoms with Gasteiger partial charge in [-0.15, -0.1) is 0 Å². The molecule has 26 heavy (non-hydrogen) atoms. The highest BCUT2D eigenvalue weighted by Crippen LogP contribution is 2.24. The summed E-state index contributed by atoms with van der Waals surface area (Å²) in [7, 11) is 5.26. The molecule has 1 amide bonds. The van der Waals surface area contributed by atoms with Crippen LogP contribution < -0.4 is 4.74 Å². The summed E-state index contributed by atoms with van der Waals surface area (Å²) >= 11 is 0. The summed E-state index contributed by atoms with van der Waals surface area (Å²) in [6.45, 7) is 0.619. The lowest BCUT2D eigenvalue weighted by molar-refractivity contribution is 0.0790. The molecule has 0 unspecified atom stereocenters. The van der Waals surface area contributed by atoms with Gasteiger partial charge in [0.15, 0.2) is 5.69 Å². The SMILES string of the molecule is COc1cccc(-c2cc(C(=O)N(C)CCc3ccncc3)nn2C)c1. The van der Waals surface area contributed by atoms with Crippen molar-refractivity contribution in [2.24, 2.45) is 7.05 Å². The van der Waals surface area contributed by atoms with Gasteiger partial charge in [0.1, 0.15) is 5.75 Å². The van der Waals surface area contributed by atoms with Crippen molar-refractivity contribution in [3.05, 3.63) is 66.1 Å². The highest BCUT2D eigenvalue weighted by molar-refractivity contribution is 5.93. The number of likely N-dealkylation sites (N-methyl/N-ethyl adjacent to an activating group) is 1. The molecule has 0 spiro atoms. The number of pyridine rings is 1. The van der Waals surface area contributed by atoms with Crippen LogP contribution in [0.25, 0.3) is 11.3 Å². The predicted molar refractivity (Wildman–Crippen MR) is 100 cm³/mol. The molecule has 3 rings (SSSR count). The lowest BCUT2D eigenvalue weighted by atomic mass is 10.1. The fourth-order valence-corrected chi connectivity index (χ4v) is 2.77. The van der Waals surface area contributed by atoms with Gasteiger partial charge in [-0.25, -0.2) is 0 Å². The van der Waals surface area contributed by atoms with Gasteiger partial charge in [0.2, 0.25) is 0 Å². The summed E-state index contributed by atoms with van der Waals surface area (Å²) in [6, 6.07) is 13.4. The highest BCUT2D eigenvalue weighted by atomic mass is 16.5. The molecule has 134 valence electrons. The molecule has 0 saturated carbocycles. The Morgan fingerprint density at radius 3 is 2.69 bits per heavy atom. The first-order valence-corrected chi connectivity index (χ1v) is 8.41. The van der Waals surface area contributed by atoms with E-state index in [9.17, 15) is 4.79 Å². The van der Waals surface area contributed by atoms with Crippen LogP contribution in [0.4, 0.5) is 0 Å². The van der Waals surface area contributed by atoms with Gasteiger partial charge >= 0.3 is 0 Å². The molecular weight excluding hydrogens is 328 g/mol. The number of benzene rings is 1. The number of methoxy groups -OCH3 is 1. The van der Waals surface area contributed by atoms with Gasteiger partial charge < -0.3 is 9.64 Å². The molecule has 0 radical (unpaired) electrons. The fraction of sp³-hybridized carbons (Fsp3) is 0.250. The van der Waals surface area contributed by atoms with Crippen LogP contribution in [0.2, 0.25) is 0 Å². The Kier molecular flexibility index (Phi) is 5.31. The molecule has 0 bridgehead atoms. The zero-order chi connectivity index (χ0) is 18.5. The van der Waals surface area contributed by atoms with Crippen molar-refractivity contribution in [2.75, 3.05) is 20.7 Å². The summed E-state index contributed by atoms with van der Waals surface area (Å²) in [5.74, 6) is 0.676. The number of carbonyl (C=O) groups excluding carboxylic acids is 1. The molecule has 2 heterocycles. The minimum absolute atomic E-state index is 0.0937. The maximum atomic E-state index is 12.7. The Hall–Kier alpha value is -3.15. The van der Waals surface area contributed by atoms with Crippen LogP contribution in [0.1, 0.15) is 16.1 Å². The van der Waals surface area contributed by atoms with Gasteiger partial charge in [-0.05, 0) is 42.3 Å². The topological polar surface area (TPSA) is 60.2 Å². The first-order chi connectivity index (χ1) is 12.6. The van der Waals surface area contributed by atoms with E-state index in [0.29, 0.717) is 12.2 Å². The minimum atomic E-state index is -0.0937. The monoisotopic (exact) mass is 350 g/mol. The number of hydrogen-bond donors (Lipinski definition) is 0. The maximum Gasteiger partial charge on any atom is 0.274 e. The van der Waals surface area contributed by atoms with E-state index in [1.54, 1.807) is 36.1 Å². The third kappa shape index (κ3) is 3.91. The average Bonchev–Trinajstić information content (AvgIpc) is 3.08. The molecule has 0 aliphatic carbocycles. The summed E-state index contributed by atoms with van der Waals surface area (Å²) in [5, 5.41) is 4.39. The normalized spacial score (nSPS) is 10.6. The third-order valence-electron chi connectivity index (χ3n) is 4.30. The molecule has 0 saturated heterocycles. The van der Waals surface area contributed by atoms with Crippen molar-refractivity contribution in [1.29, 1.82) is 0 Å². The van der Waals surface area contributed by atoms with Crippen molar-refractivity contribution in [2.45, 2.75) is 6.42 Å². The van der Waals surface area contributed by atoms with E-state index in [4.69, 9.17) is 4.74 Å². The number of amides is 1. The van der Waals surface area contributed by atoms with E-state index < -0.39 is 0 Å². The first-order valence-electron chi connectivity index (χ1n) is 8.41. The highest BCUT2D eigenvalue weighted by Gasteiger charge is 2.17. The molecule has 6 heteroatoms. The number of rotatable bonds is 6. The van der Waals surface area contributed by atoms with Gasteiger partial charge in [0, 0.05) is 38.6 Å². The van der Waals surface area contributed by atoms with Crippen molar-refractivity contribution in [3.63, 3.8) is 0 Å². The second kappa shape index (κ2) is 7.82. The molecule has 0 aliphatic rings. The number of carbonyl (C=O) groups is 1. The number of ether oxygens (including phenoxy) is 1. The standard InChI is InChI=1S/C20H22N4O2/c1-23(12-9-15-7-10-21-11-8-15)20(25)18-14-19(24(2)22-18)16-5-4-6-17(13-16)26-3/h4-8,10-11,13-14H,9,12H2,1-3H3. The first kappa shape index (κ1) is 17.7. The zero-order valence-corrected chi connectivity index (χ0v) is 15.2. The number of nitrogens with zero attached hydrogens (tertiary/aromatic N) is 4. The van der Waals surface area contributed by atoms with Crippen LogP contribution in [-0.4, -0.2) is 46.3 Å². The van der Waals surface area contributed by atoms with E-state index in [1.807, 2.05) is 49.5 Å². The van der Waals surface area contributed by atoms with Crippen LogP contribution in [0.15, 0.2) is 54.9 Å². The minimum Gasteiger partial charge on any atom is -0.497 e. The molecule has 1 aromatic carbocycles. The molecular formula is C20H22N4O2. The average molecular weight is 350 g/mol. The molecule has 6 nitrogen and oxygen atoms in total. The van der Waals surface area contributed by atoms with Crippen molar-refractivity contribution < 1.29 is 9.53 Å². The quantitative estimate of drug-likeness (QED) is 0.686. The van der Waals surface area contributed by atoms with Crippen LogP contribution in [0.5, 0.6) is 5.75 Å². The lowest BCUT2D eigenvalue weighted by Gasteiger charge is -2.15. The van der Waals surface area contributed by atoms with E-state index in [-0.39, 0.29) is 5.91 Å². The fourth-order valence-electron chi connectivity index (χ4n) is 2.77. The largest absolute Gasteiger partial charge is 0.497 e. The Labute approximate surface area is 153 Å². The van der Waals surface area contributed by atoms with Crippen LogP contribution >= 0.6 is 0 Å². The number of hydrogen-bond acceptors (Lipinski definition) is 4. The molecule has 3 aromatic rings. The lowest BCUT2D eigenvalue weighted by Crippen LogP contribution is -2.29. The zero-order valence-electron chi connectivity index (χ0n) is 15.2. The Morgan fingerprint density at radius 2 is 1.96 bits per heavy atom. The molecule has 0 atom stereocenters. The van der Waals surface area contributed by atoms with E-state index in [1.165, 1.54) is 0 Å². The Balaban J connectivity index is 1.73. The Bertz CT molecular complexity index is 890. The van der Waals surface area contributed by atoms with Crippen LogP contribution in [0.3, 0.4) is 0 Å². The molecule has 0 fully saturated rings. The van der Waals surface area contributed by atoms with Gasteiger partial charge in [-0.3, -0.25) is 14.5 Å². The smallest absolute Gasteiger partial charge is 0.274 e. The number of aromatic nitrogens is 3. The third-order valence-corrected chi connectivity index (χ3v) is 4.30. The van der Waals surface area contributed by atoms with Crippen LogP contribution in [-0.2, 0) is 13.5 Å². The molecule has 0 aliphatic heterocycles. The summed E-state index contributed by atoms with van der Waals surface area (Å²) in [6.07, 6.45) is 4.30. The summed E-state index contributed by atoms with van der Waals surface area (Å²) in [5.41, 5.74) is 3.41. The maximum absolute atomic E-state index is 12.7. The van der Waals surface area contributed by atoms with Crippen molar-refractivity contribution in [3.8, 4) is 17.0 Å². The summed E-state index contributed by atoms with van der Waals surface area (Å²) < 4.78 is 6.99. The number of aryl methyl sites for hydroxylation is 1. The molecule has 0 N–H and O–H groups in total. The van der Waals surface area contributed by atoms with Gasteiger partial charge in [-0.2, -0.15) is 5.10 Å².